The summed E-state index contributed by atoms with van der Waals surface area (Å²) in [7, 11) is -2.96. The first-order valence-corrected chi connectivity index (χ1v) is 9.39. The minimum atomic E-state index is -2.96. The Morgan fingerprint density at radius 3 is 2.55 bits per heavy atom. The monoisotopic (exact) mass is 404 g/mol. The molecule has 0 aliphatic carbocycles. The van der Waals surface area contributed by atoms with E-state index in [4.69, 9.17) is 0 Å². The zero-order valence-electron chi connectivity index (χ0n) is 11.3. The summed E-state index contributed by atoms with van der Waals surface area (Å²) in [6.07, 6.45) is 4.20. The molecule has 0 radical (unpaired) electrons. The highest BCUT2D eigenvalue weighted by molar-refractivity contribution is 14.1. The Labute approximate surface area is 133 Å². The van der Waals surface area contributed by atoms with Gasteiger partial charge in [0.1, 0.15) is 5.82 Å². The first-order chi connectivity index (χ1) is 9.52. The van der Waals surface area contributed by atoms with Gasteiger partial charge in [0.05, 0.1) is 5.75 Å². The molecule has 0 aliphatic rings. The smallest absolute Gasteiger partial charge is 0.152 e. The molecule has 1 aromatic heterocycles. The lowest BCUT2D eigenvalue weighted by Crippen LogP contribution is -2.16. The van der Waals surface area contributed by atoms with Crippen LogP contribution in [0.3, 0.4) is 0 Å². The zero-order chi connectivity index (χ0) is 14.6. The molecule has 0 unspecified atom stereocenters. The molecular formula is C14H17IN2O2S. The molecule has 0 saturated heterocycles. The standard InChI is InChI=1S/C14H17IN2O2S/c1-2-10-20(18,19)11-9-17-8-7-16-14(17)12-3-5-13(15)6-4-12/h3-8H,2,9-11H2,1H3. The van der Waals surface area contributed by atoms with E-state index >= 15 is 0 Å². The number of sulfone groups is 1. The highest BCUT2D eigenvalue weighted by atomic mass is 127. The minimum absolute atomic E-state index is 0.161. The van der Waals surface area contributed by atoms with Gasteiger partial charge in [-0.15, -0.1) is 0 Å². The van der Waals surface area contributed by atoms with Gasteiger partial charge in [0.2, 0.25) is 0 Å². The predicted molar refractivity (Wildman–Crippen MR) is 89.3 cm³/mol. The number of benzene rings is 1. The lowest BCUT2D eigenvalue weighted by atomic mass is 10.2. The number of aryl methyl sites for hydroxylation is 1. The van der Waals surface area contributed by atoms with E-state index in [1.807, 2.05) is 42.0 Å². The van der Waals surface area contributed by atoms with Gasteiger partial charge in [0.15, 0.2) is 9.84 Å². The topological polar surface area (TPSA) is 52.0 Å². The third-order valence-corrected chi connectivity index (χ3v) is 5.53. The summed E-state index contributed by atoms with van der Waals surface area (Å²) in [6, 6.07) is 8.04. The first kappa shape index (κ1) is 15.5. The maximum Gasteiger partial charge on any atom is 0.152 e. The van der Waals surface area contributed by atoms with E-state index in [2.05, 4.69) is 27.6 Å². The van der Waals surface area contributed by atoms with E-state index in [1.54, 1.807) is 6.20 Å². The molecule has 2 rings (SSSR count). The summed E-state index contributed by atoms with van der Waals surface area (Å²) in [4.78, 5) is 4.33. The van der Waals surface area contributed by atoms with Crippen LogP contribution in [0.2, 0.25) is 0 Å². The van der Waals surface area contributed by atoms with Crippen molar-refractivity contribution in [2.24, 2.45) is 0 Å². The molecule has 0 fully saturated rings. The van der Waals surface area contributed by atoms with Crippen molar-refractivity contribution in [2.45, 2.75) is 19.9 Å². The molecule has 0 amide bonds. The van der Waals surface area contributed by atoms with Gasteiger partial charge in [-0.1, -0.05) is 19.1 Å². The SMILES string of the molecule is CCCS(=O)(=O)CCn1ccnc1-c1ccc(I)cc1. The predicted octanol–water partition coefficient (Wildman–Crippen LogP) is 2.98. The molecule has 1 aromatic carbocycles. The second-order valence-corrected chi connectivity index (χ2v) is 8.15. The number of rotatable bonds is 6. The van der Waals surface area contributed by atoms with Crippen LogP contribution in [-0.4, -0.2) is 29.5 Å². The van der Waals surface area contributed by atoms with Gasteiger partial charge in [0, 0.05) is 33.8 Å². The van der Waals surface area contributed by atoms with Gasteiger partial charge >= 0.3 is 0 Å². The van der Waals surface area contributed by atoms with Gasteiger partial charge < -0.3 is 4.57 Å². The number of imidazole rings is 1. The van der Waals surface area contributed by atoms with Crippen LogP contribution >= 0.6 is 22.6 Å². The van der Waals surface area contributed by atoms with Crippen LogP contribution in [0.25, 0.3) is 11.4 Å². The van der Waals surface area contributed by atoms with Crippen molar-refractivity contribution in [2.75, 3.05) is 11.5 Å². The lowest BCUT2D eigenvalue weighted by molar-refractivity contribution is 0.588. The third kappa shape index (κ3) is 4.05. The van der Waals surface area contributed by atoms with E-state index in [0.29, 0.717) is 13.0 Å². The van der Waals surface area contributed by atoms with Crippen LogP contribution in [0.1, 0.15) is 13.3 Å². The molecule has 0 atom stereocenters. The molecule has 6 heteroatoms. The number of nitrogens with zero attached hydrogens (tertiary/aromatic N) is 2. The van der Waals surface area contributed by atoms with Crippen LogP contribution in [0, 0.1) is 3.57 Å². The van der Waals surface area contributed by atoms with Crippen LogP contribution in [0.5, 0.6) is 0 Å². The summed E-state index contributed by atoms with van der Waals surface area (Å²) >= 11 is 2.25. The molecule has 2 aromatic rings. The van der Waals surface area contributed by atoms with Crippen LogP contribution in [-0.2, 0) is 16.4 Å². The van der Waals surface area contributed by atoms with E-state index in [-0.39, 0.29) is 11.5 Å². The Morgan fingerprint density at radius 1 is 1.20 bits per heavy atom. The van der Waals surface area contributed by atoms with Crippen molar-refractivity contribution in [1.29, 1.82) is 0 Å². The normalized spacial score (nSPS) is 11.7. The highest BCUT2D eigenvalue weighted by Crippen LogP contribution is 2.19. The fourth-order valence-electron chi connectivity index (χ4n) is 2.00. The van der Waals surface area contributed by atoms with Crippen molar-refractivity contribution in [3.63, 3.8) is 0 Å². The van der Waals surface area contributed by atoms with E-state index in [1.165, 1.54) is 0 Å². The molecule has 0 N–H and O–H groups in total. The lowest BCUT2D eigenvalue weighted by Gasteiger charge is -2.08. The fraction of sp³-hybridized carbons (Fsp3) is 0.357. The molecule has 1 heterocycles. The van der Waals surface area contributed by atoms with E-state index in [0.717, 1.165) is 15.0 Å². The van der Waals surface area contributed by atoms with Gasteiger partial charge in [-0.05, 0) is 41.1 Å². The Hall–Kier alpha value is -0.890. The molecule has 0 aliphatic heterocycles. The van der Waals surface area contributed by atoms with Crippen LogP contribution < -0.4 is 0 Å². The van der Waals surface area contributed by atoms with Crippen molar-refractivity contribution in [3.05, 3.63) is 40.2 Å². The number of hydrogen-bond donors (Lipinski definition) is 0. The largest absolute Gasteiger partial charge is 0.330 e. The van der Waals surface area contributed by atoms with E-state index in [9.17, 15) is 8.42 Å². The highest BCUT2D eigenvalue weighted by Gasteiger charge is 2.12. The average molecular weight is 404 g/mol. The molecule has 0 spiro atoms. The fourth-order valence-corrected chi connectivity index (χ4v) is 3.66. The second kappa shape index (κ2) is 6.71. The van der Waals surface area contributed by atoms with Crippen molar-refractivity contribution in [1.82, 2.24) is 9.55 Å². The second-order valence-electron chi connectivity index (χ2n) is 4.60. The number of hydrogen-bond acceptors (Lipinski definition) is 3. The summed E-state index contributed by atoms with van der Waals surface area (Å²) in [5.41, 5.74) is 1.00. The number of halogens is 1. The van der Waals surface area contributed by atoms with Crippen LogP contribution in [0.15, 0.2) is 36.7 Å². The Balaban J connectivity index is 2.15. The van der Waals surface area contributed by atoms with Gasteiger partial charge in [-0.25, -0.2) is 13.4 Å². The summed E-state index contributed by atoms with van der Waals surface area (Å²) in [6.45, 7) is 2.33. The molecule has 0 bridgehead atoms. The van der Waals surface area contributed by atoms with Crippen molar-refractivity contribution in [3.8, 4) is 11.4 Å². The van der Waals surface area contributed by atoms with Crippen LogP contribution in [0.4, 0.5) is 0 Å². The Bertz CT molecular complexity index is 663. The Kier molecular flexibility index (Phi) is 5.20. The molecular weight excluding hydrogens is 387 g/mol. The first-order valence-electron chi connectivity index (χ1n) is 6.49. The molecule has 4 nitrogen and oxygen atoms in total. The third-order valence-electron chi connectivity index (χ3n) is 2.98. The quantitative estimate of drug-likeness (QED) is 0.696. The van der Waals surface area contributed by atoms with E-state index < -0.39 is 9.84 Å². The molecule has 0 saturated carbocycles. The minimum Gasteiger partial charge on any atom is -0.330 e. The summed E-state index contributed by atoms with van der Waals surface area (Å²) in [5, 5.41) is 0. The maximum absolute atomic E-state index is 11.8. The molecule has 20 heavy (non-hydrogen) atoms. The number of aromatic nitrogens is 2. The summed E-state index contributed by atoms with van der Waals surface area (Å²) < 4.78 is 26.6. The van der Waals surface area contributed by atoms with Crippen molar-refractivity contribution < 1.29 is 8.42 Å². The maximum atomic E-state index is 11.8. The Morgan fingerprint density at radius 2 is 1.90 bits per heavy atom. The van der Waals surface area contributed by atoms with Gasteiger partial charge in [-0.2, -0.15) is 0 Å². The zero-order valence-corrected chi connectivity index (χ0v) is 14.3. The average Bonchev–Trinajstić information content (AvgIpc) is 2.86. The van der Waals surface area contributed by atoms with Gasteiger partial charge in [0.25, 0.3) is 0 Å². The van der Waals surface area contributed by atoms with Gasteiger partial charge in [-0.3, -0.25) is 0 Å². The summed E-state index contributed by atoms with van der Waals surface area (Å²) in [5.74, 6) is 1.22. The molecule has 108 valence electrons. The van der Waals surface area contributed by atoms with Crippen molar-refractivity contribution >= 4 is 32.4 Å².